The third-order valence-electron chi connectivity index (χ3n) is 8.28. The maximum absolute atomic E-state index is 12.0. The van der Waals surface area contributed by atoms with E-state index in [1.165, 1.54) is 56.4 Å². The highest BCUT2D eigenvalue weighted by Gasteiger charge is 2.27. The Balaban J connectivity index is 1.01. The minimum atomic E-state index is -0.333. The molecule has 2 aromatic carbocycles. The molecule has 36 heavy (non-hydrogen) atoms. The number of nitrogen functional groups attached to an aromatic ring is 1. The molecule has 1 unspecified atom stereocenters. The molecule has 5 rings (SSSR count). The second kappa shape index (κ2) is 11.4. The van der Waals surface area contributed by atoms with Crippen LogP contribution in [0.1, 0.15) is 61.5 Å². The Kier molecular flexibility index (Phi) is 7.87. The van der Waals surface area contributed by atoms with Crippen molar-refractivity contribution >= 4 is 23.2 Å². The zero-order valence-corrected chi connectivity index (χ0v) is 21.1. The van der Waals surface area contributed by atoms with Crippen LogP contribution < -0.4 is 16.4 Å². The van der Waals surface area contributed by atoms with E-state index in [9.17, 15) is 9.59 Å². The molecule has 3 aliphatic rings. The molecule has 3 heterocycles. The van der Waals surface area contributed by atoms with E-state index >= 15 is 0 Å². The Labute approximate surface area is 214 Å². The van der Waals surface area contributed by atoms with Gasteiger partial charge in [-0.05, 0) is 106 Å². The molecule has 7 heteroatoms. The van der Waals surface area contributed by atoms with Gasteiger partial charge in [-0.3, -0.25) is 14.9 Å². The molecule has 0 bridgehead atoms. The van der Waals surface area contributed by atoms with Gasteiger partial charge in [0.1, 0.15) is 6.04 Å². The van der Waals surface area contributed by atoms with Crippen molar-refractivity contribution in [1.29, 1.82) is 0 Å². The minimum absolute atomic E-state index is 0.182. The van der Waals surface area contributed by atoms with Crippen molar-refractivity contribution in [2.24, 2.45) is 0 Å². The van der Waals surface area contributed by atoms with E-state index in [2.05, 4.69) is 56.8 Å². The number of amides is 2. The molecule has 2 aromatic rings. The molecule has 0 aliphatic carbocycles. The van der Waals surface area contributed by atoms with Crippen molar-refractivity contribution < 1.29 is 9.59 Å². The summed E-state index contributed by atoms with van der Waals surface area (Å²) in [6, 6.07) is 16.6. The first-order chi connectivity index (χ1) is 17.5. The zero-order chi connectivity index (χ0) is 24.9. The molecule has 2 amide bonds. The molecule has 192 valence electrons. The van der Waals surface area contributed by atoms with Gasteiger partial charge in [0, 0.05) is 30.9 Å². The lowest BCUT2D eigenvalue weighted by molar-refractivity contribution is -0.133. The summed E-state index contributed by atoms with van der Waals surface area (Å²) >= 11 is 0. The molecule has 4 N–H and O–H groups in total. The second-order valence-electron chi connectivity index (χ2n) is 10.7. The average Bonchev–Trinajstić information content (AvgIpc) is 2.91. The number of carbonyl (C=O) groups is 2. The topological polar surface area (TPSA) is 90.7 Å². The number of hydrogen-bond acceptors (Lipinski definition) is 6. The smallest absolute Gasteiger partial charge is 0.249 e. The highest BCUT2D eigenvalue weighted by Crippen LogP contribution is 2.30. The van der Waals surface area contributed by atoms with Gasteiger partial charge < -0.3 is 20.9 Å². The minimum Gasteiger partial charge on any atom is -0.399 e. The fraction of sp³-hybridized carbons (Fsp3) is 0.517. The molecular weight excluding hydrogens is 450 g/mol. The van der Waals surface area contributed by atoms with Crippen LogP contribution in [0.15, 0.2) is 48.5 Å². The Hall–Kier alpha value is -2.90. The number of hydrogen-bond donors (Lipinski definition) is 3. The summed E-state index contributed by atoms with van der Waals surface area (Å²) in [4.78, 5) is 28.6. The molecule has 1 atom stereocenters. The van der Waals surface area contributed by atoms with E-state index in [1.807, 2.05) is 12.1 Å². The van der Waals surface area contributed by atoms with E-state index in [-0.39, 0.29) is 17.9 Å². The Morgan fingerprint density at radius 2 is 1.25 bits per heavy atom. The van der Waals surface area contributed by atoms with Crippen LogP contribution in [0.4, 0.5) is 11.4 Å². The maximum atomic E-state index is 12.0. The van der Waals surface area contributed by atoms with Crippen LogP contribution in [0.3, 0.4) is 0 Å². The molecule has 0 spiro atoms. The first kappa shape index (κ1) is 24.8. The Bertz CT molecular complexity index is 1020. The number of anilines is 2. The highest BCUT2D eigenvalue weighted by molar-refractivity contribution is 6.01. The summed E-state index contributed by atoms with van der Waals surface area (Å²) in [5.41, 5.74) is 10.4. The van der Waals surface area contributed by atoms with Crippen LogP contribution in [0, 0.1) is 0 Å². The zero-order valence-electron chi connectivity index (χ0n) is 21.1. The third-order valence-corrected chi connectivity index (χ3v) is 8.28. The molecule has 3 saturated heterocycles. The van der Waals surface area contributed by atoms with Crippen molar-refractivity contribution in [3.05, 3.63) is 59.7 Å². The summed E-state index contributed by atoms with van der Waals surface area (Å²) in [7, 11) is 0. The van der Waals surface area contributed by atoms with Crippen LogP contribution in [-0.4, -0.2) is 66.9 Å². The highest BCUT2D eigenvalue weighted by atomic mass is 16.2. The molecule has 0 radical (unpaired) electrons. The fourth-order valence-corrected chi connectivity index (χ4v) is 5.91. The summed E-state index contributed by atoms with van der Waals surface area (Å²) in [6.07, 6.45) is 5.80. The summed E-state index contributed by atoms with van der Waals surface area (Å²) in [6.45, 7) is 7.01. The fourth-order valence-electron chi connectivity index (χ4n) is 5.91. The van der Waals surface area contributed by atoms with Crippen LogP contribution >= 0.6 is 0 Å². The molecule has 0 saturated carbocycles. The van der Waals surface area contributed by atoms with Crippen LogP contribution in [-0.2, 0) is 9.59 Å². The van der Waals surface area contributed by atoms with Gasteiger partial charge in [0.05, 0.1) is 0 Å². The van der Waals surface area contributed by atoms with Gasteiger partial charge in [-0.25, -0.2) is 0 Å². The second-order valence-corrected chi connectivity index (χ2v) is 10.7. The average molecular weight is 490 g/mol. The number of carbonyl (C=O) groups excluding carboxylic acids is 2. The molecule has 7 nitrogen and oxygen atoms in total. The quantitative estimate of drug-likeness (QED) is 0.407. The lowest BCUT2D eigenvalue weighted by atomic mass is 9.89. The summed E-state index contributed by atoms with van der Waals surface area (Å²) in [5, 5.41) is 5.67. The normalized spacial score (nSPS) is 22.9. The van der Waals surface area contributed by atoms with E-state index in [0.717, 1.165) is 31.0 Å². The van der Waals surface area contributed by atoms with E-state index in [1.54, 1.807) is 0 Å². The predicted octanol–water partition coefficient (Wildman–Crippen LogP) is 3.54. The summed E-state index contributed by atoms with van der Waals surface area (Å²) in [5.74, 6) is 0.859. The molecule has 3 fully saturated rings. The third kappa shape index (κ3) is 6.26. The van der Waals surface area contributed by atoms with E-state index < -0.39 is 0 Å². The number of nitrogens with zero attached hydrogens (tertiary/aromatic N) is 2. The molecule has 0 aromatic heterocycles. The maximum Gasteiger partial charge on any atom is 0.249 e. The SMILES string of the molecule is Nc1ccc(C2CCN(CCN3CCC(c4ccc(NC5CCC(=O)NC5=O)cc4)CC3)CC2)cc1. The predicted molar refractivity (Wildman–Crippen MR) is 144 cm³/mol. The van der Waals surface area contributed by atoms with Crippen molar-refractivity contribution in [1.82, 2.24) is 15.1 Å². The first-order valence-electron chi connectivity index (χ1n) is 13.5. The van der Waals surface area contributed by atoms with Gasteiger partial charge in [-0.2, -0.15) is 0 Å². The van der Waals surface area contributed by atoms with Gasteiger partial charge in [-0.1, -0.05) is 24.3 Å². The number of likely N-dealkylation sites (tertiary alicyclic amines) is 2. The molecular formula is C29H39N5O2. The number of nitrogens with one attached hydrogen (secondary N) is 2. The number of benzene rings is 2. The summed E-state index contributed by atoms with van der Waals surface area (Å²) < 4.78 is 0. The number of nitrogens with two attached hydrogens (primary N) is 1. The largest absolute Gasteiger partial charge is 0.399 e. The van der Waals surface area contributed by atoms with Gasteiger partial charge in [-0.15, -0.1) is 0 Å². The number of rotatable bonds is 7. The van der Waals surface area contributed by atoms with Crippen molar-refractivity contribution in [2.75, 3.05) is 50.3 Å². The van der Waals surface area contributed by atoms with Gasteiger partial charge in [0.25, 0.3) is 0 Å². The van der Waals surface area contributed by atoms with Crippen molar-refractivity contribution in [2.45, 2.75) is 56.4 Å². The Morgan fingerprint density at radius 1 is 0.750 bits per heavy atom. The van der Waals surface area contributed by atoms with E-state index in [0.29, 0.717) is 24.7 Å². The van der Waals surface area contributed by atoms with Crippen LogP contribution in [0.5, 0.6) is 0 Å². The first-order valence-corrected chi connectivity index (χ1v) is 13.5. The number of piperidine rings is 3. The van der Waals surface area contributed by atoms with E-state index in [4.69, 9.17) is 5.73 Å². The van der Waals surface area contributed by atoms with Gasteiger partial charge in [0.15, 0.2) is 0 Å². The lowest BCUT2D eigenvalue weighted by Gasteiger charge is -2.36. The number of imide groups is 1. The van der Waals surface area contributed by atoms with Gasteiger partial charge in [0.2, 0.25) is 11.8 Å². The van der Waals surface area contributed by atoms with Crippen LogP contribution in [0.25, 0.3) is 0 Å². The molecule has 3 aliphatic heterocycles. The van der Waals surface area contributed by atoms with Gasteiger partial charge >= 0.3 is 0 Å². The van der Waals surface area contributed by atoms with Crippen molar-refractivity contribution in [3.8, 4) is 0 Å². The Morgan fingerprint density at radius 3 is 1.75 bits per heavy atom. The van der Waals surface area contributed by atoms with Crippen LogP contribution in [0.2, 0.25) is 0 Å². The lowest BCUT2D eigenvalue weighted by Crippen LogP contribution is -2.47. The monoisotopic (exact) mass is 489 g/mol. The van der Waals surface area contributed by atoms with Crippen molar-refractivity contribution in [3.63, 3.8) is 0 Å². The standard InChI is InChI=1S/C29H39N5O2/c30-25-5-1-21(2-6-25)23-11-15-33(16-12-23)19-20-34-17-13-24(14-18-34)22-3-7-26(8-4-22)31-27-9-10-28(35)32-29(27)36/h1-8,23-24,27,31H,9-20,30H2,(H,32,35,36).